The van der Waals surface area contributed by atoms with Crippen LogP contribution in [-0.2, 0) is 0 Å². The van der Waals surface area contributed by atoms with Crippen LogP contribution in [0.5, 0.6) is 0 Å². The Hall–Kier alpha value is 0.0200. The Labute approximate surface area is 54.6 Å². The van der Waals surface area contributed by atoms with Crippen LogP contribution in [0.25, 0.3) is 0 Å². The standard InChI is InChI=1S/C6H11NS/c1-2-5-8-6-4-7-3-1/h4H,1-3,5-6H2. The maximum absolute atomic E-state index is 4.19. The summed E-state index contributed by atoms with van der Waals surface area (Å²) in [4.78, 5) is 4.19. The fourth-order valence-electron chi connectivity index (χ4n) is 0.687. The Morgan fingerprint density at radius 2 is 2.38 bits per heavy atom. The zero-order valence-electron chi connectivity index (χ0n) is 4.97. The average molecular weight is 129 g/mol. The number of aliphatic imine (C=N–C) groups is 1. The molecule has 1 nitrogen and oxygen atoms in total. The molecule has 0 saturated heterocycles. The van der Waals surface area contributed by atoms with E-state index in [1.807, 2.05) is 18.0 Å². The molecule has 1 aliphatic rings. The molecule has 0 unspecified atom stereocenters. The summed E-state index contributed by atoms with van der Waals surface area (Å²) in [5, 5.41) is 0. The van der Waals surface area contributed by atoms with E-state index < -0.39 is 0 Å². The summed E-state index contributed by atoms with van der Waals surface area (Å²) in [6.07, 6.45) is 4.66. The molecule has 1 heterocycles. The second kappa shape index (κ2) is 3.96. The molecule has 8 heavy (non-hydrogen) atoms. The maximum Gasteiger partial charge on any atom is 0.0386 e. The Bertz CT molecular complexity index is 70.6. The first-order valence-electron chi connectivity index (χ1n) is 3.06. The molecule has 2 heteroatoms. The van der Waals surface area contributed by atoms with E-state index in [0.717, 1.165) is 12.3 Å². The van der Waals surface area contributed by atoms with Gasteiger partial charge in [0, 0.05) is 18.5 Å². The molecule has 0 amide bonds. The van der Waals surface area contributed by atoms with Gasteiger partial charge < -0.3 is 0 Å². The minimum Gasteiger partial charge on any atom is -0.297 e. The molecule has 0 N–H and O–H groups in total. The molecule has 0 aromatic carbocycles. The third kappa shape index (κ3) is 2.36. The molecule has 0 atom stereocenters. The molecule has 0 aliphatic carbocycles. The highest BCUT2D eigenvalue weighted by Gasteiger charge is 1.90. The number of rotatable bonds is 0. The highest BCUT2D eigenvalue weighted by Crippen LogP contribution is 2.05. The Morgan fingerprint density at radius 1 is 1.38 bits per heavy atom. The number of hydrogen-bond donors (Lipinski definition) is 0. The normalized spacial score (nSPS) is 22.0. The van der Waals surface area contributed by atoms with E-state index in [-0.39, 0.29) is 0 Å². The monoisotopic (exact) mass is 129 g/mol. The van der Waals surface area contributed by atoms with E-state index in [4.69, 9.17) is 0 Å². The summed E-state index contributed by atoms with van der Waals surface area (Å²) < 4.78 is 0. The molecule has 0 saturated carbocycles. The Balaban J connectivity index is 2.17. The first kappa shape index (κ1) is 6.14. The highest BCUT2D eigenvalue weighted by molar-refractivity contribution is 7.99. The zero-order valence-corrected chi connectivity index (χ0v) is 5.78. The summed E-state index contributed by atoms with van der Waals surface area (Å²) in [6.45, 7) is 1.06. The van der Waals surface area contributed by atoms with Gasteiger partial charge in [0.1, 0.15) is 0 Å². The molecule has 0 bridgehead atoms. The largest absolute Gasteiger partial charge is 0.297 e. The summed E-state index contributed by atoms with van der Waals surface area (Å²) >= 11 is 1.98. The number of hydrogen-bond acceptors (Lipinski definition) is 2. The minimum absolute atomic E-state index is 1.06. The van der Waals surface area contributed by atoms with Crippen molar-refractivity contribution >= 4 is 18.0 Å². The highest BCUT2D eigenvalue weighted by atomic mass is 32.2. The summed E-state index contributed by atoms with van der Waals surface area (Å²) in [5.41, 5.74) is 0. The van der Waals surface area contributed by atoms with Gasteiger partial charge in [-0.1, -0.05) is 0 Å². The van der Waals surface area contributed by atoms with Gasteiger partial charge in [-0.15, -0.1) is 0 Å². The van der Waals surface area contributed by atoms with Crippen LogP contribution in [0.3, 0.4) is 0 Å². The van der Waals surface area contributed by atoms with Crippen LogP contribution in [0.2, 0.25) is 0 Å². The zero-order chi connectivity index (χ0) is 5.66. The lowest BCUT2D eigenvalue weighted by Crippen LogP contribution is -1.92. The fourth-order valence-corrected chi connectivity index (χ4v) is 1.47. The molecule has 1 aliphatic heterocycles. The van der Waals surface area contributed by atoms with E-state index in [0.29, 0.717) is 0 Å². The van der Waals surface area contributed by atoms with Crippen molar-refractivity contribution in [2.45, 2.75) is 12.8 Å². The van der Waals surface area contributed by atoms with Crippen LogP contribution in [0.15, 0.2) is 4.99 Å². The van der Waals surface area contributed by atoms with Gasteiger partial charge in [-0.25, -0.2) is 0 Å². The van der Waals surface area contributed by atoms with Crippen LogP contribution in [0.4, 0.5) is 0 Å². The van der Waals surface area contributed by atoms with E-state index in [2.05, 4.69) is 4.99 Å². The molecule has 0 radical (unpaired) electrons. The van der Waals surface area contributed by atoms with Crippen molar-refractivity contribution in [3.05, 3.63) is 0 Å². The van der Waals surface area contributed by atoms with Crippen molar-refractivity contribution in [3.8, 4) is 0 Å². The van der Waals surface area contributed by atoms with Gasteiger partial charge in [-0.2, -0.15) is 11.8 Å². The van der Waals surface area contributed by atoms with Gasteiger partial charge in [0.05, 0.1) is 0 Å². The fraction of sp³-hybridized carbons (Fsp3) is 0.833. The molecule has 0 spiro atoms. The van der Waals surface area contributed by atoms with E-state index in [9.17, 15) is 0 Å². The van der Waals surface area contributed by atoms with Gasteiger partial charge in [0.2, 0.25) is 0 Å². The predicted molar refractivity (Wildman–Crippen MR) is 39.9 cm³/mol. The summed E-state index contributed by atoms with van der Waals surface area (Å²) in [6, 6.07) is 0. The SMILES string of the molecule is C1=NCCCCSC1. The minimum atomic E-state index is 1.06. The summed E-state index contributed by atoms with van der Waals surface area (Å²) in [7, 11) is 0. The van der Waals surface area contributed by atoms with Crippen LogP contribution in [-0.4, -0.2) is 24.3 Å². The smallest absolute Gasteiger partial charge is 0.0386 e. The van der Waals surface area contributed by atoms with Crippen molar-refractivity contribution < 1.29 is 0 Å². The Morgan fingerprint density at radius 3 is 3.38 bits per heavy atom. The van der Waals surface area contributed by atoms with Crippen molar-refractivity contribution in [1.82, 2.24) is 0 Å². The van der Waals surface area contributed by atoms with Crippen molar-refractivity contribution in [1.29, 1.82) is 0 Å². The predicted octanol–water partition coefficient (Wildman–Crippen LogP) is 1.58. The van der Waals surface area contributed by atoms with Crippen molar-refractivity contribution in [3.63, 3.8) is 0 Å². The topological polar surface area (TPSA) is 12.4 Å². The van der Waals surface area contributed by atoms with Gasteiger partial charge in [-0.3, -0.25) is 4.99 Å². The molecule has 1 rings (SSSR count). The lowest BCUT2D eigenvalue weighted by atomic mass is 10.3. The third-order valence-corrected chi connectivity index (χ3v) is 2.11. The van der Waals surface area contributed by atoms with Gasteiger partial charge >= 0.3 is 0 Å². The van der Waals surface area contributed by atoms with E-state index >= 15 is 0 Å². The van der Waals surface area contributed by atoms with Crippen LogP contribution < -0.4 is 0 Å². The van der Waals surface area contributed by atoms with Crippen molar-refractivity contribution in [2.24, 2.45) is 4.99 Å². The average Bonchev–Trinajstić information content (AvgIpc) is 1.62. The second-order valence-electron chi connectivity index (χ2n) is 1.87. The molecule has 0 aromatic rings. The Kier molecular flexibility index (Phi) is 3.04. The van der Waals surface area contributed by atoms with Crippen molar-refractivity contribution in [2.75, 3.05) is 18.1 Å². The summed E-state index contributed by atoms with van der Waals surface area (Å²) in [5.74, 6) is 2.45. The number of nitrogens with zero attached hydrogens (tertiary/aromatic N) is 1. The second-order valence-corrected chi connectivity index (χ2v) is 3.02. The molecular formula is C6H11NS. The molecule has 0 aromatic heterocycles. The maximum atomic E-state index is 4.19. The first-order chi connectivity index (χ1) is 4.00. The first-order valence-corrected chi connectivity index (χ1v) is 4.21. The lowest BCUT2D eigenvalue weighted by molar-refractivity contribution is 0.815. The molecule has 0 fully saturated rings. The van der Waals surface area contributed by atoms with Crippen LogP contribution in [0.1, 0.15) is 12.8 Å². The molecular weight excluding hydrogens is 118 g/mol. The number of thioether (sulfide) groups is 1. The van der Waals surface area contributed by atoms with Gasteiger partial charge in [-0.05, 0) is 18.6 Å². The quantitative estimate of drug-likeness (QED) is 0.484. The lowest BCUT2D eigenvalue weighted by Gasteiger charge is -2.00. The van der Waals surface area contributed by atoms with Gasteiger partial charge in [0.25, 0.3) is 0 Å². The molecule has 46 valence electrons. The van der Waals surface area contributed by atoms with E-state index in [1.165, 1.54) is 18.6 Å². The third-order valence-electron chi connectivity index (χ3n) is 1.15. The van der Waals surface area contributed by atoms with Crippen LogP contribution >= 0.6 is 11.8 Å². The van der Waals surface area contributed by atoms with E-state index in [1.54, 1.807) is 0 Å². The van der Waals surface area contributed by atoms with Gasteiger partial charge in [0.15, 0.2) is 0 Å². The van der Waals surface area contributed by atoms with Crippen LogP contribution in [0, 0.1) is 0 Å².